The van der Waals surface area contributed by atoms with Crippen molar-refractivity contribution in [1.82, 2.24) is 4.90 Å². The first-order chi connectivity index (χ1) is 13.3. The largest absolute Gasteiger partial charge is 0.394 e. The smallest absolute Gasteiger partial charge is 0.0628 e. The van der Waals surface area contributed by atoms with E-state index in [4.69, 9.17) is 0 Å². The summed E-state index contributed by atoms with van der Waals surface area (Å²) in [6, 6.07) is 11.6. The lowest BCUT2D eigenvalue weighted by molar-refractivity contribution is 0.0531. The van der Waals surface area contributed by atoms with Crippen LogP contribution in [0.15, 0.2) is 42.5 Å². The molecule has 2 heteroatoms. The van der Waals surface area contributed by atoms with Crippen molar-refractivity contribution in [3.8, 4) is 0 Å². The summed E-state index contributed by atoms with van der Waals surface area (Å²) in [5, 5.41) is 10.1. The summed E-state index contributed by atoms with van der Waals surface area (Å²) in [6.07, 6.45) is 19.4. The van der Waals surface area contributed by atoms with Crippen molar-refractivity contribution in [1.29, 1.82) is 0 Å². The maximum Gasteiger partial charge on any atom is 0.0628 e. The normalized spacial score (nSPS) is 21.4. The molecule has 0 saturated carbocycles. The van der Waals surface area contributed by atoms with Crippen LogP contribution >= 0.6 is 0 Å². The predicted octanol–water partition coefficient (Wildman–Crippen LogP) is 6.66. The van der Waals surface area contributed by atoms with Gasteiger partial charge in [0.1, 0.15) is 0 Å². The van der Waals surface area contributed by atoms with Gasteiger partial charge in [0.25, 0.3) is 0 Å². The Morgan fingerprint density at radius 1 is 0.963 bits per heavy atom. The topological polar surface area (TPSA) is 23.5 Å². The van der Waals surface area contributed by atoms with Crippen molar-refractivity contribution in [2.24, 2.45) is 0 Å². The summed E-state index contributed by atoms with van der Waals surface area (Å²) in [5.74, 6) is 0. The van der Waals surface area contributed by atoms with Gasteiger partial charge >= 0.3 is 0 Å². The second-order valence-corrected chi connectivity index (χ2v) is 8.23. The van der Waals surface area contributed by atoms with Gasteiger partial charge in [-0.1, -0.05) is 107 Å². The Labute approximate surface area is 167 Å². The number of rotatable bonds is 13. The van der Waals surface area contributed by atoms with Crippen molar-refractivity contribution in [2.75, 3.05) is 6.61 Å². The maximum absolute atomic E-state index is 10.1. The molecule has 0 unspecified atom stereocenters. The van der Waals surface area contributed by atoms with Gasteiger partial charge in [-0.3, -0.25) is 4.90 Å². The van der Waals surface area contributed by atoms with Crippen LogP contribution in [-0.2, 0) is 0 Å². The molecular weight excluding hydrogens is 330 g/mol. The molecule has 1 aromatic carbocycles. The quantitative estimate of drug-likeness (QED) is 0.309. The Bertz CT molecular complexity index is 512. The van der Waals surface area contributed by atoms with E-state index < -0.39 is 0 Å². The lowest BCUT2D eigenvalue weighted by Gasteiger charge is -2.43. The molecule has 1 heterocycles. The zero-order chi connectivity index (χ0) is 19.3. The number of hydrogen-bond donors (Lipinski definition) is 1. The molecule has 2 nitrogen and oxygen atoms in total. The standard InChI is InChI=1S/C25H41NO/c1-3-4-5-6-7-8-9-10-14-19-24-20-15-16-22(2)26(24)25(21-27)23-17-12-11-13-18-23/h11-13,15-18,22,24-25,27H,3-10,14,19-21H2,1-2H3/t22-,24-,25-/m0/s1. The SMILES string of the molecule is CCCCCCCCCCC[C@H]1CC=C[C@H](C)N1[C@@H](CO)c1ccccc1. The van der Waals surface area contributed by atoms with Crippen LogP contribution in [0, 0.1) is 0 Å². The van der Waals surface area contributed by atoms with Gasteiger partial charge in [-0.05, 0) is 25.3 Å². The molecular formula is C25H41NO. The third-order valence-electron chi connectivity index (χ3n) is 6.07. The third-order valence-corrected chi connectivity index (χ3v) is 6.07. The molecule has 1 N–H and O–H groups in total. The number of nitrogens with zero attached hydrogens (tertiary/aromatic N) is 1. The Hall–Kier alpha value is -1.12. The number of unbranched alkanes of at least 4 members (excludes halogenated alkanes) is 8. The number of aliphatic hydroxyl groups is 1. The van der Waals surface area contributed by atoms with Crippen LogP contribution in [0.4, 0.5) is 0 Å². The molecule has 0 spiro atoms. The molecule has 1 aliphatic heterocycles. The highest BCUT2D eigenvalue weighted by molar-refractivity contribution is 5.21. The van der Waals surface area contributed by atoms with Crippen LogP contribution in [0.3, 0.4) is 0 Å². The monoisotopic (exact) mass is 371 g/mol. The first kappa shape index (κ1) is 22.2. The zero-order valence-electron chi connectivity index (χ0n) is 17.7. The highest BCUT2D eigenvalue weighted by Gasteiger charge is 2.31. The molecule has 27 heavy (non-hydrogen) atoms. The van der Waals surface area contributed by atoms with E-state index in [-0.39, 0.29) is 12.6 Å². The van der Waals surface area contributed by atoms with Crippen molar-refractivity contribution in [3.63, 3.8) is 0 Å². The minimum atomic E-state index is 0.106. The lowest BCUT2D eigenvalue weighted by Crippen LogP contribution is -2.46. The van der Waals surface area contributed by atoms with Gasteiger partial charge in [-0.2, -0.15) is 0 Å². The second-order valence-electron chi connectivity index (χ2n) is 8.23. The second kappa shape index (κ2) is 13.1. The van der Waals surface area contributed by atoms with Gasteiger partial charge in [-0.25, -0.2) is 0 Å². The van der Waals surface area contributed by atoms with Gasteiger partial charge in [0.15, 0.2) is 0 Å². The van der Waals surface area contributed by atoms with Gasteiger partial charge in [-0.15, -0.1) is 0 Å². The molecule has 0 aromatic heterocycles. The fraction of sp³-hybridized carbons (Fsp3) is 0.680. The van der Waals surface area contributed by atoms with Gasteiger partial charge in [0, 0.05) is 12.1 Å². The van der Waals surface area contributed by atoms with Crippen LogP contribution in [0.2, 0.25) is 0 Å². The van der Waals surface area contributed by atoms with Gasteiger partial charge < -0.3 is 5.11 Å². The van der Waals surface area contributed by atoms with E-state index in [1.807, 2.05) is 0 Å². The van der Waals surface area contributed by atoms with Crippen LogP contribution in [0.5, 0.6) is 0 Å². The molecule has 1 aromatic rings. The minimum Gasteiger partial charge on any atom is -0.394 e. The Balaban J connectivity index is 1.79. The van der Waals surface area contributed by atoms with E-state index in [1.165, 1.54) is 69.8 Å². The highest BCUT2D eigenvalue weighted by Crippen LogP contribution is 2.32. The summed E-state index contributed by atoms with van der Waals surface area (Å²) in [5.41, 5.74) is 1.24. The van der Waals surface area contributed by atoms with Crippen molar-refractivity contribution in [3.05, 3.63) is 48.0 Å². The lowest BCUT2D eigenvalue weighted by atomic mass is 9.93. The Morgan fingerprint density at radius 3 is 2.22 bits per heavy atom. The van der Waals surface area contributed by atoms with Crippen LogP contribution in [-0.4, -0.2) is 28.7 Å². The first-order valence-corrected chi connectivity index (χ1v) is 11.4. The summed E-state index contributed by atoms with van der Waals surface area (Å²) in [6.45, 7) is 4.74. The first-order valence-electron chi connectivity index (χ1n) is 11.4. The molecule has 0 aliphatic carbocycles. The fourth-order valence-electron chi connectivity index (χ4n) is 4.53. The van der Waals surface area contributed by atoms with E-state index in [2.05, 4.69) is 61.2 Å². The van der Waals surface area contributed by atoms with E-state index >= 15 is 0 Å². The van der Waals surface area contributed by atoms with Crippen molar-refractivity contribution >= 4 is 0 Å². The van der Waals surface area contributed by atoms with E-state index in [0.29, 0.717) is 12.1 Å². The van der Waals surface area contributed by atoms with Crippen LogP contribution in [0.1, 0.15) is 96.1 Å². The van der Waals surface area contributed by atoms with E-state index in [1.54, 1.807) is 0 Å². The molecule has 1 aliphatic rings. The average Bonchev–Trinajstić information content (AvgIpc) is 2.70. The van der Waals surface area contributed by atoms with E-state index in [0.717, 1.165) is 6.42 Å². The maximum atomic E-state index is 10.1. The highest BCUT2D eigenvalue weighted by atomic mass is 16.3. The number of benzene rings is 1. The van der Waals surface area contributed by atoms with Crippen LogP contribution < -0.4 is 0 Å². The Kier molecular flexibility index (Phi) is 10.8. The molecule has 152 valence electrons. The van der Waals surface area contributed by atoms with Crippen LogP contribution in [0.25, 0.3) is 0 Å². The molecule has 0 amide bonds. The minimum absolute atomic E-state index is 0.106. The van der Waals surface area contributed by atoms with Gasteiger partial charge in [0.2, 0.25) is 0 Å². The zero-order valence-corrected chi connectivity index (χ0v) is 17.7. The molecule has 0 bridgehead atoms. The fourth-order valence-corrected chi connectivity index (χ4v) is 4.53. The third kappa shape index (κ3) is 7.43. The van der Waals surface area contributed by atoms with Gasteiger partial charge in [0.05, 0.1) is 12.6 Å². The Morgan fingerprint density at radius 2 is 1.59 bits per heavy atom. The van der Waals surface area contributed by atoms with E-state index in [9.17, 15) is 5.11 Å². The molecule has 0 fully saturated rings. The molecule has 2 rings (SSSR count). The molecule has 3 atom stereocenters. The molecule has 0 saturated heterocycles. The summed E-state index contributed by atoms with van der Waals surface area (Å²) < 4.78 is 0. The van der Waals surface area contributed by atoms with Crippen molar-refractivity contribution in [2.45, 2.75) is 103 Å². The average molecular weight is 372 g/mol. The molecule has 0 radical (unpaired) electrons. The number of hydrogen-bond acceptors (Lipinski definition) is 2. The predicted molar refractivity (Wildman–Crippen MR) is 117 cm³/mol. The summed E-state index contributed by atoms with van der Waals surface area (Å²) in [4.78, 5) is 2.56. The van der Waals surface area contributed by atoms with Crippen molar-refractivity contribution < 1.29 is 5.11 Å². The summed E-state index contributed by atoms with van der Waals surface area (Å²) in [7, 11) is 0. The number of aliphatic hydroxyl groups excluding tert-OH is 1. The summed E-state index contributed by atoms with van der Waals surface area (Å²) >= 11 is 0.